The van der Waals surface area contributed by atoms with Gasteiger partial charge in [-0.1, -0.05) is 13.8 Å². The summed E-state index contributed by atoms with van der Waals surface area (Å²) in [6.45, 7) is 5.06. The fourth-order valence-electron chi connectivity index (χ4n) is 2.99. The van der Waals surface area contributed by atoms with Gasteiger partial charge < -0.3 is 10.0 Å². The van der Waals surface area contributed by atoms with Crippen molar-refractivity contribution in [3.8, 4) is 0 Å². The fourth-order valence-corrected chi connectivity index (χ4v) is 2.99. The molecule has 142 valence electrons. The average Bonchev–Trinajstić information content (AvgIpc) is 2.80. The Hall–Kier alpha value is -1.02. The summed E-state index contributed by atoms with van der Waals surface area (Å²) in [5.74, 6) is -4.79. The quantitative estimate of drug-likeness (QED) is 0.776. The number of likely N-dealkylation sites (tertiary alicyclic amines) is 1. The van der Waals surface area contributed by atoms with Gasteiger partial charge in [-0.3, -0.25) is 14.5 Å². The van der Waals surface area contributed by atoms with Crippen LogP contribution < -0.4 is 0 Å². The van der Waals surface area contributed by atoms with E-state index in [4.69, 9.17) is 5.11 Å². The second kappa shape index (κ2) is 8.89. The molecule has 0 saturated carbocycles. The lowest BCUT2D eigenvalue weighted by molar-refractivity contribution is -0.188. The van der Waals surface area contributed by atoms with Crippen molar-refractivity contribution in [3.63, 3.8) is 0 Å². The minimum atomic E-state index is -4.57. The Morgan fingerprint density at radius 1 is 1.25 bits per heavy atom. The van der Waals surface area contributed by atoms with E-state index in [9.17, 15) is 22.8 Å². The number of alkyl halides is 3. The number of carbonyl (C=O) groups excluding carboxylic acids is 1. The number of amides is 1. The Morgan fingerprint density at radius 2 is 1.79 bits per heavy atom. The molecule has 3 atom stereocenters. The van der Waals surface area contributed by atoms with Crippen LogP contribution >= 0.6 is 12.4 Å². The van der Waals surface area contributed by atoms with Crippen LogP contribution in [0, 0.1) is 17.8 Å². The lowest BCUT2D eigenvalue weighted by Crippen LogP contribution is -2.42. The zero-order valence-corrected chi connectivity index (χ0v) is 15.2. The summed E-state index contributed by atoms with van der Waals surface area (Å²) in [6.07, 6.45) is -3.77. The molecule has 0 bridgehead atoms. The molecular formula is C15H26ClF3N2O3. The van der Waals surface area contributed by atoms with Crippen LogP contribution in [0.15, 0.2) is 0 Å². The molecule has 1 unspecified atom stereocenters. The highest BCUT2D eigenvalue weighted by Crippen LogP contribution is 2.37. The molecule has 0 aromatic carbocycles. The van der Waals surface area contributed by atoms with Crippen LogP contribution in [0.1, 0.15) is 27.2 Å². The number of aliphatic carboxylic acids is 1. The number of carboxylic acids is 1. The Kier molecular flexibility index (Phi) is 8.52. The summed E-state index contributed by atoms with van der Waals surface area (Å²) < 4.78 is 38.8. The average molecular weight is 375 g/mol. The molecule has 0 spiro atoms. The van der Waals surface area contributed by atoms with E-state index in [0.29, 0.717) is 5.92 Å². The highest BCUT2D eigenvalue weighted by atomic mass is 35.5. The fraction of sp³-hybridized carbons (Fsp3) is 0.867. The summed E-state index contributed by atoms with van der Waals surface area (Å²) in [5, 5.41) is 8.97. The van der Waals surface area contributed by atoms with Gasteiger partial charge in [0.2, 0.25) is 5.91 Å². The molecule has 24 heavy (non-hydrogen) atoms. The van der Waals surface area contributed by atoms with Crippen LogP contribution in [0.25, 0.3) is 0 Å². The summed E-state index contributed by atoms with van der Waals surface area (Å²) >= 11 is 0. The molecule has 9 heteroatoms. The van der Waals surface area contributed by atoms with Gasteiger partial charge in [0.1, 0.15) is 0 Å². The third kappa shape index (κ3) is 6.12. The lowest BCUT2D eigenvalue weighted by Gasteiger charge is -2.28. The van der Waals surface area contributed by atoms with Gasteiger partial charge >= 0.3 is 12.1 Å². The first-order chi connectivity index (χ1) is 10.4. The molecule has 1 saturated heterocycles. The number of carbonyl (C=O) groups is 2. The zero-order chi connectivity index (χ0) is 17.9. The molecule has 1 amide bonds. The largest absolute Gasteiger partial charge is 0.481 e. The minimum absolute atomic E-state index is 0. The second-order valence-electron chi connectivity index (χ2n) is 6.77. The zero-order valence-electron chi connectivity index (χ0n) is 14.3. The molecule has 1 rings (SSSR count). The normalized spacial score (nSPS) is 23.0. The van der Waals surface area contributed by atoms with Crippen LogP contribution in [0.2, 0.25) is 0 Å². The van der Waals surface area contributed by atoms with Crippen LogP contribution in [0.4, 0.5) is 13.2 Å². The first-order valence-corrected chi connectivity index (χ1v) is 7.71. The van der Waals surface area contributed by atoms with Crippen molar-refractivity contribution in [3.05, 3.63) is 0 Å². The number of hydrogen-bond donors (Lipinski definition) is 1. The predicted octanol–water partition coefficient (Wildman–Crippen LogP) is 2.50. The van der Waals surface area contributed by atoms with E-state index in [-0.39, 0.29) is 37.4 Å². The van der Waals surface area contributed by atoms with E-state index in [1.54, 1.807) is 7.05 Å². The molecule has 1 heterocycles. The second-order valence-corrected chi connectivity index (χ2v) is 6.77. The predicted molar refractivity (Wildman–Crippen MR) is 86.0 cm³/mol. The third-order valence-corrected chi connectivity index (χ3v) is 4.36. The number of nitrogens with zero attached hydrogens (tertiary/aromatic N) is 2. The van der Waals surface area contributed by atoms with Crippen LogP contribution in [0.3, 0.4) is 0 Å². The Morgan fingerprint density at radius 3 is 2.17 bits per heavy atom. The van der Waals surface area contributed by atoms with Gasteiger partial charge in [-0.15, -0.1) is 12.4 Å². The number of likely N-dealkylation sites (N-methyl/N-ethyl adjacent to an activating group) is 1. The van der Waals surface area contributed by atoms with Crippen molar-refractivity contribution in [2.24, 2.45) is 17.8 Å². The summed E-state index contributed by atoms with van der Waals surface area (Å²) in [7, 11) is 1.63. The van der Waals surface area contributed by atoms with Crippen molar-refractivity contribution in [1.29, 1.82) is 0 Å². The van der Waals surface area contributed by atoms with Gasteiger partial charge in [0.05, 0.1) is 18.4 Å². The summed E-state index contributed by atoms with van der Waals surface area (Å²) in [5.41, 5.74) is 0. The highest BCUT2D eigenvalue weighted by Gasteiger charge is 2.52. The molecule has 0 aromatic heterocycles. The molecule has 0 radical (unpaired) electrons. The molecule has 0 aliphatic carbocycles. The van der Waals surface area contributed by atoms with Crippen molar-refractivity contribution >= 4 is 24.3 Å². The van der Waals surface area contributed by atoms with Gasteiger partial charge in [-0.2, -0.15) is 13.2 Å². The minimum Gasteiger partial charge on any atom is -0.481 e. The van der Waals surface area contributed by atoms with E-state index in [0.717, 1.165) is 6.42 Å². The molecule has 1 aliphatic rings. The van der Waals surface area contributed by atoms with Crippen LogP contribution in [0.5, 0.6) is 0 Å². The topological polar surface area (TPSA) is 60.9 Å². The third-order valence-electron chi connectivity index (χ3n) is 4.36. The number of rotatable bonds is 6. The van der Waals surface area contributed by atoms with Gasteiger partial charge in [0, 0.05) is 26.2 Å². The van der Waals surface area contributed by atoms with Crippen LogP contribution in [-0.2, 0) is 9.59 Å². The van der Waals surface area contributed by atoms with E-state index in [2.05, 4.69) is 0 Å². The number of hydrogen-bond acceptors (Lipinski definition) is 3. The Balaban J connectivity index is 0.00000529. The number of halogens is 4. The maximum absolute atomic E-state index is 12.9. The van der Waals surface area contributed by atoms with Crippen LogP contribution in [-0.4, -0.2) is 65.7 Å². The first kappa shape index (κ1) is 23.0. The van der Waals surface area contributed by atoms with Crippen molar-refractivity contribution in [2.75, 3.05) is 26.7 Å². The van der Waals surface area contributed by atoms with Crippen molar-refractivity contribution in [1.82, 2.24) is 9.80 Å². The molecule has 0 aromatic rings. The summed E-state index contributed by atoms with van der Waals surface area (Å²) in [6, 6.07) is -0.0150. The molecule has 5 nitrogen and oxygen atoms in total. The van der Waals surface area contributed by atoms with E-state index in [1.807, 2.05) is 20.8 Å². The molecule has 1 aliphatic heterocycles. The van der Waals surface area contributed by atoms with Gasteiger partial charge in [-0.05, 0) is 19.3 Å². The van der Waals surface area contributed by atoms with E-state index >= 15 is 0 Å². The Bertz CT molecular complexity index is 446. The first-order valence-electron chi connectivity index (χ1n) is 7.71. The molecule has 1 N–H and O–H groups in total. The van der Waals surface area contributed by atoms with Crippen molar-refractivity contribution < 1.29 is 27.9 Å². The SMILES string of the molecule is CC(C)CC(C)N(C)C(=O)CN1C[C@@H](C(F)(F)F)[C@H](C(=O)O)C1.Cl. The monoisotopic (exact) mass is 374 g/mol. The van der Waals surface area contributed by atoms with Gasteiger partial charge in [-0.25, -0.2) is 0 Å². The smallest absolute Gasteiger partial charge is 0.393 e. The highest BCUT2D eigenvalue weighted by molar-refractivity contribution is 5.85. The maximum atomic E-state index is 12.9. The van der Waals surface area contributed by atoms with E-state index in [1.165, 1.54) is 9.80 Å². The number of carboxylic acid groups (broad SMARTS) is 1. The summed E-state index contributed by atoms with van der Waals surface area (Å²) in [4.78, 5) is 26.1. The standard InChI is InChI=1S/C15H25F3N2O3.ClH/c1-9(2)5-10(3)19(4)13(21)8-20-6-11(14(22)23)12(7-20)15(16,17)18;/h9-12H,5-8H2,1-4H3,(H,22,23);1H/t10?,11-,12-;/m1./s1. The maximum Gasteiger partial charge on any atom is 0.393 e. The van der Waals surface area contributed by atoms with Gasteiger partial charge in [0.15, 0.2) is 0 Å². The lowest BCUT2D eigenvalue weighted by atomic mass is 9.96. The Labute approximate surface area is 146 Å². The van der Waals surface area contributed by atoms with Gasteiger partial charge in [0.25, 0.3) is 0 Å². The van der Waals surface area contributed by atoms with E-state index < -0.39 is 30.5 Å². The molecular weight excluding hydrogens is 349 g/mol. The van der Waals surface area contributed by atoms with Crippen molar-refractivity contribution in [2.45, 2.75) is 39.4 Å². The molecule has 1 fully saturated rings.